The minimum absolute atomic E-state index is 0.146. The minimum atomic E-state index is 0.146. The van der Waals surface area contributed by atoms with E-state index in [2.05, 4.69) is 38.0 Å². The molecule has 0 radical (unpaired) electrons. The van der Waals surface area contributed by atoms with Crippen molar-refractivity contribution in [2.24, 2.45) is 5.41 Å². The van der Waals surface area contributed by atoms with Crippen molar-refractivity contribution in [3.8, 4) is 0 Å². The lowest BCUT2D eigenvalue weighted by Crippen LogP contribution is -2.51. The first kappa shape index (κ1) is 16.5. The molecule has 0 saturated carbocycles. The average molecular weight is 294 g/mol. The van der Waals surface area contributed by atoms with E-state index < -0.39 is 0 Å². The van der Waals surface area contributed by atoms with Crippen LogP contribution in [0.2, 0.25) is 0 Å². The van der Waals surface area contributed by atoms with Gasteiger partial charge in [0.25, 0.3) is 0 Å². The summed E-state index contributed by atoms with van der Waals surface area (Å²) in [4.78, 5) is 2.38. The fraction of sp³-hybridized carbons (Fsp3) is 0.765. The van der Waals surface area contributed by atoms with Crippen molar-refractivity contribution < 1.29 is 9.15 Å². The van der Waals surface area contributed by atoms with E-state index in [4.69, 9.17) is 9.15 Å². The molecular formula is C17H30N2O2. The zero-order valence-electron chi connectivity index (χ0n) is 13.9. The fourth-order valence-electron chi connectivity index (χ4n) is 3.01. The Bertz CT molecular complexity index is 403. The van der Waals surface area contributed by atoms with Gasteiger partial charge in [-0.15, -0.1) is 0 Å². The molecule has 2 rings (SSSR count). The summed E-state index contributed by atoms with van der Waals surface area (Å²) in [5, 5.41) is 3.67. The Hall–Kier alpha value is -0.840. The maximum Gasteiger partial charge on any atom is 0.0947 e. The van der Waals surface area contributed by atoms with Crippen LogP contribution in [0.3, 0.4) is 0 Å². The van der Waals surface area contributed by atoms with Crippen molar-refractivity contribution in [2.45, 2.75) is 45.7 Å². The number of ether oxygens (including phenoxy) is 1. The molecule has 1 N–H and O–H groups in total. The van der Waals surface area contributed by atoms with Gasteiger partial charge in [0, 0.05) is 42.8 Å². The Morgan fingerprint density at radius 2 is 2.19 bits per heavy atom. The van der Waals surface area contributed by atoms with Gasteiger partial charge < -0.3 is 19.4 Å². The summed E-state index contributed by atoms with van der Waals surface area (Å²) >= 11 is 0. The molecule has 0 aliphatic carbocycles. The first-order valence-corrected chi connectivity index (χ1v) is 7.91. The van der Waals surface area contributed by atoms with E-state index in [1.165, 1.54) is 12.0 Å². The summed E-state index contributed by atoms with van der Waals surface area (Å²) in [7, 11) is 2.18. The van der Waals surface area contributed by atoms with Crippen LogP contribution in [0.5, 0.6) is 0 Å². The first-order valence-electron chi connectivity index (χ1n) is 7.91. The van der Waals surface area contributed by atoms with Crippen LogP contribution in [0.25, 0.3) is 0 Å². The normalized spacial score (nSPS) is 23.7. The van der Waals surface area contributed by atoms with Gasteiger partial charge in [0.05, 0.1) is 19.1 Å². The average Bonchev–Trinajstić information content (AvgIpc) is 2.89. The highest BCUT2D eigenvalue weighted by Crippen LogP contribution is 2.30. The lowest BCUT2D eigenvalue weighted by Gasteiger charge is -2.41. The van der Waals surface area contributed by atoms with E-state index in [1.807, 2.05) is 12.3 Å². The van der Waals surface area contributed by atoms with Crippen molar-refractivity contribution >= 4 is 0 Å². The summed E-state index contributed by atoms with van der Waals surface area (Å²) in [6.45, 7) is 11.4. The number of hydrogen-bond acceptors (Lipinski definition) is 4. The summed E-state index contributed by atoms with van der Waals surface area (Å²) in [6, 6.07) is 2.04. The van der Waals surface area contributed by atoms with Crippen molar-refractivity contribution in [1.29, 1.82) is 0 Å². The third-order valence-corrected chi connectivity index (χ3v) is 4.04. The molecule has 120 valence electrons. The van der Waals surface area contributed by atoms with Gasteiger partial charge in [0.1, 0.15) is 0 Å². The smallest absolute Gasteiger partial charge is 0.0947 e. The number of furan rings is 1. The quantitative estimate of drug-likeness (QED) is 0.875. The number of hydrogen-bond donors (Lipinski definition) is 1. The van der Waals surface area contributed by atoms with E-state index in [-0.39, 0.29) is 11.0 Å². The number of rotatable bonds is 6. The summed E-state index contributed by atoms with van der Waals surface area (Å²) in [5.74, 6) is 0. The van der Waals surface area contributed by atoms with Crippen molar-refractivity contribution in [3.05, 3.63) is 24.2 Å². The zero-order chi connectivity index (χ0) is 15.3. The van der Waals surface area contributed by atoms with Crippen LogP contribution in [0.15, 0.2) is 23.0 Å². The van der Waals surface area contributed by atoms with Gasteiger partial charge in [-0.05, 0) is 46.7 Å². The second kappa shape index (κ2) is 6.95. The fourth-order valence-corrected chi connectivity index (χ4v) is 3.01. The predicted octanol–water partition coefficient (Wildman–Crippen LogP) is 2.90. The summed E-state index contributed by atoms with van der Waals surface area (Å²) in [5.41, 5.74) is 1.59. The summed E-state index contributed by atoms with van der Waals surface area (Å²) in [6.07, 6.45) is 5.95. The Morgan fingerprint density at radius 1 is 1.38 bits per heavy atom. The third-order valence-electron chi connectivity index (χ3n) is 4.04. The lowest BCUT2D eigenvalue weighted by atomic mass is 9.81. The highest BCUT2D eigenvalue weighted by molar-refractivity contribution is 5.05. The molecule has 0 bridgehead atoms. The Morgan fingerprint density at radius 3 is 2.76 bits per heavy atom. The molecule has 0 aromatic carbocycles. The second-order valence-corrected chi connectivity index (χ2v) is 7.56. The molecule has 1 aliphatic heterocycles. The van der Waals surface area contributed by atoms with Crippen molar-refractivity contribution in [1.82, 2.24) is 10.2 Å². The van der Waals surface area contributed by atoms with Gasteiger partial charge >= 0.3 is 0 Å². The van der Waals surface area contributed by atoms with E-state index in [1.54, 1.807) is 6.26 Å². The molecule has 1 aromatic heterocycles. The highest BCUT2D eigenvalue weighted by Gasteiger charge is 2.35. The van der Waals surface area contributed by atoms with Gasteiger partial charge in [-0.3, -0.25) is 0 Å². The Kier molecular flexibility index (Phi) is 5.47. The van der Waals surface area contributed by atoms with E-state index in [0.717, 1.165) is 39.3 Å². The third kappa shape index (κ3) is 5.46. The molecule has 1 fully saturated rings. The molecule has 4 heteroatoms. The largest absolute Gasteiger partial charge is 0.472 e. The van der Waals surface area contributed by atoms with Crippen LogP contribution < -0.4 is 5.32 Å². The number of nitrogens with zero attached hydrogens (tertiary/aromatic N) is 1. The molecule has 21 heavy (non-hydrogen) atoms. The predicted molar refractivity (Wildman–Crippen MR) is 85.3 cm³/mol. The van der Waals surface area contributed by atoms with Gasteiger partial charge in [0.2, 0.25) is 0 Å². The zero-order valence-corrected chi connectivity index (χ0v) is 13.9. The second-order valence-electron chi connectivity index (χ2n) is 7.56. The molecule has 1 unspecified atom stereocenters. The van der Waals surface area contributed by atoms with Crippen LogP contribution in [-0.4, -0.2) is 43.8 Å². The Labute approximate surface area is 128 Å². The minimum Gasteiger partial charge on any atom is -0.472 e. The van der Waals surface area contributed by atoms with Gasteiger partial charge in [-0.2, -0.15) is 0 Å². The van der Waals surface area contributed by atoms with Crippen molar-refractivity contribution in [2.75, 3.05) is 33.4 Å². The Balaban J connectivity index is 1.94. The van der Waals surface area contributed by atoms with Gasteiger partial charge in [-0.1, -0.05) is 0 Å². The van der Waals surface area contributed by atoms with Crippen molar-refractivity contribution in [3.63, 3.8) is 0 Å². The molecule has 4 nitrogen and oxygen atoms in total. The van der Waals surface area contributed by atoms with E-state index in [0.29, 0.717) is 0 Å². The topological polar surface area (TPSA) is 37.6 Å². The maximum atomic E-state index is 5.80. The molecule has 1 aliphatic rings. The SMILES string of the molecule is CN(Cc1ccoc1)CC1(CNC(C)(C)C)CCCOC1. The molecule has 0 amide bonds. The van der Waals surface area contributed by atoms with Gasteiger partial charge in [-0.25, -0.2) is 0 Å². The standard InChI is InChI=1S/C17H30N2O2/c1-16(2,3)18-12-17(7-5-8-21-14-17)13-19(4)10-15-6-9-20-11-15/h6,9,11,18H,5,7-8,10,12-14H2,1-4H3. The molecule has 1 aromatic rings. The van der Waals surface area contributed by atoms with Crippen LogP contribution in [0, 0.1) is 5.41 Å². The molecule has 1 atom stereocenters. The van der Waals surface area contributed by atoms with Gasteiger partial charge in [0.15, 0.2) is 0 Å². The summed E-state index contributed by atoms with van der Waals surface area (Å²) < 4.78 is 11.0. The number of nitrogens with one attached hydrogen (secondary N) is 1. The molecule has 0 spiro atoms. The maximum absolute atomic E-state index is 5.80. The van der Waals surface area contributed by atoms with Crippen LogP contribution in [-0.2, 0) is 11.3 Å². The molecular weight excluding hydrogens is 264 g/mol. The van der Waals surface area contributed by atoms with E-state index in [9.17, 15) is 0 Å². The monoisotopic (exact) mass is 294 g/mol. The van der Waals surface area contributed by atoms with Crippen LogP contribution >= 0.6 is 0 Å². The highest BCUT2D eigenvalue weighted by atomic mass is 16.5. The van der Waals surface area contributed by atoms with E-state index >= 15 is 0 Å². The van der Waals surface area contributed by atoms with Crippen LogP contribution in [0.4, 0.5) is 0 Å². The first-order chi connectivity index (χ1) is 9.89. The molecule has 1 saturated heterocycles. The van der Waals surface area contributed by atoms with Crippen LogP contribution in [0.1, 0.15) is 39.2 Å². The molecule has 2 heterocycles. The lowest BCUT2D eigenvalue weighted by molar-refractivity contribution is -0.0263.